The normalized spacial score (nSPS) is 22.6. The Kier molecular flexibility index (Phi) is 6.03. The number of nitrogens with zero attached hydrogens (tertiary/aromatic N) is 2. The molecule has 0 radical (unpaired) electrons. The van der Waals surface area contributed by atoms with Crippen LogP contribution in [0.2, 0.25) is 10.0 Å². The molecule has 3 rings (SSSR count). The summed E-state index contributed by atoms with van der Waals surface area (Å²) < 4.78 is 5.96. The number of hydrogen-bond donors (Lipinski definition) is 0. The average Bonchev–Trinajstić information content (AvgIpc) is 2.95. The summed E-state index contributed by atoms with van der Waals surface area (Å²) in [5.41, 5.74) is 1.36. The van der Waals surface area contributed by atoms with Gasteiger partial charge in [-0.2, -0.15) is 0 Å². The van der Waals surface area contributed by atoms with Gasteiger partial charge >= 0.3 is 0 Å². The standard InChI is InChI=1S/C18H24Cl2N2O2/c1-13-16(19)9-14(10-17(13)20)18(23)22-7-4-8-24-15(12-22)11-21-5-2-3-6-21/h9-10,15H,2-8,11-12H2,1H3. The van der Waals surface area contributed by atoms with Crippen molar-refractivity contribution in [1.29, 1.82) is 0 Å². The lowest BCUT2D eigenvalue weighted by molar-refractivity contribution is 0.0297. The van der Waals surface area contributed by atoms with E-state index in [1.165, 1.54) is 12.8 Å². The van der Waals surface area contributed by atoms with Crippen LogP contribution in [0.25, 0.3) is 0 Å². The highest BCUT2D eigenvalue weighted by molar-refractivity contribution is 6.36. The van der Waals surface area contributed by atoms with Crippen LogP contribution in [0.1, 0.15) is 35.2 Å². The van der Waals surface area contributed by atoms with Crippen LogP contribution in [0.15, 0.2) is 12.1 Å². The van der Waals surface area contributed by atoms with E-state index in [2.05, 4.69) is 4.90 Å². The Labute approximate surface area is 153 Å². The molecule has 1 aromatic rings. The van der Waals surface area contributed by atoms with E-state index in [0.717, 1.165) is 31.6 Å². The molecule has 132 valence electrons. The van der Waals surface area contributed by atoms with Crippen molar-refractivity contribution >= 4 is 29.1 Å². The van der Waals surface area contributed by atoms with Gasteiger partial charge in [-0.3, -0.25) is 4.79 Å². The maximum atomic E-state index is 12.9. The Morgan fingerprint density at radius 1 is 1.17 bits per heavy atom. The zero-order valence-electron chi connectivity index (χ0n) is 14.1. The highest BCUT2D eigenvalue weighted by atomic mass is 35.5. The number of carbonyl (C=O) groups excluding carboxylic acids is 1. The van der Waals surface area contributed by atoms with Crippen molar-refractivity contribution in [2.24, 2.45) is 0 Å². The number of benzene rings is 1. The SMILES string of the molecule is Cc1c(Cl)cc(C(=O)N2CCCOC(CN3CCCC3)C2)cc1Cl. The Hall–Kier alpha value is -0.810. The highest BCUT2D eigenvalue weighted by Crippen LogP contribution is 2.26. The van der Waals surface area contributed by atoms with Crippen LogP contribution in [0.4, 0.5) is 0 Å². The topological polar surface area (TPSA) is 32.8 Å². The zero-order chi connectivity index (χ0) is 17.1. The number of amides is 1. The number of hydrogen-bond acceptors (Lipinski definition) is 3. The number of ether oxygens (including phenoxy) is 1. The molecule has 4 nitrogen and oxygen atoms in total. The molecule has 1 amide bonds. The Bertz CT molecular complexity index is 580. The van der Waals surface area contributed by atoms with Crippen LogP contribution in [0.5, 0.6) is 0 Å². The summed E-state index contributed by atoms with van der Waals surface area (Å²) in [6.07, 6.45) is 3.45. The minimum atomic E-state index is -0.0179. The summed E-state index contributed by atoms with van der Waals surface area (Å²) in [5, 5.41) is 1.07. The van der Waals surface area contributed by atoms with Crippen molar-refractivity contribution in [2.75, 3.05) is 39.3 Å². The molecular weight excluding hydrogens is 347 g/mol. The first kappa shape index (κ1) is 18.0. The Morgan fingerprint density at radius 2 is 1.83 bits per heavy atom. The second-order valence-electron chi connectivity index (χ2n) is 6.67. The quantitative estimate of drug-likeness (QED) is 0.814. The van der Waals surface area contributed by atoms with Crippen LogP contribution < -0.4 is 0 Å². The summed E-state index contributed by atoms with van der Waals surface area (Å²) >= 11 is 12.4. The van der Waals surface area contributed by atoms with Crippen molar-refractivity contribution in [3.8, 4) is 0 Å². The number of halogens is 2. The summed E-state index contributed by atoms with van der Waals surface area (Å²) in [4.78, 5) is 17.2. The van der Waals surface area contributed by atoms with Gasteiger partial charge in [-0.25, -0.2) is 0 Å². The molecule has 2 heterocycles. The fraction of sp³-hybridized carbons (Fsp3) is 0.611. The molecule has 2 aliphatic heterocycles. The van der Waals surface area contributed by atoms with E-state index in [0.29, 0.717) is 35.3 Å². The number of likely N-dealkylation sites (tertiary alicyclic amines) is 1. The fourth-order valence-corrected chi connectivity index (χ4v) is 3.88. The molecule has 0 N–H and O–H groups in total. The smallest absolute Gasteiger partial charge is 0.254 e. The van der Waals surface area contributed by atoms with E-state index < -0.39 is 0 Å². The molecule has 2 fully saturated rings. The molecule has 0 aromatic heterocycles. The molecule has 0 saturated carbocycles. The van der Waals surface area contributed by atoms with Gasteiger partial charge in [0.15, 0.2) is 0 Å². The van der Waals surface area contributed by atoms with Crippen LogP contribution >= 0.6 is 23.2 Å². The summed E-state index contributed by atoms with van der Waals surface area (Å²) in [7, 11) is 0. The molecule has 0 spiro atoms. The van der Waals surface area contributed by atoms with Gasteiger partial charge in [0.1, 0.15) is 0 Å². The first-order valence-electron chi connectivity index (χ1n) is 8.63. The lowest BCUT2D eigenvalue weighted by Gasteiger charge is -2.27. The summed E-state index contributed by atoms with van der Waals surface area (Å²) in [6.45, 7) is 7.06. The van der Waals surface area contributed by atoms with E-state index in [9.17, 15) is 4.79 Å². The second-order valence-corrected chi connectivity index (χ2v) is 7.48. The van der Waals surface area contributed by atoms with Gasteiger partial charge < -0.3 is 14.5 Å². The molecule has 2 saturated heterocycles. The molecule has 0 bridgehead atoms. The van der Waals surface area contributed by atoms with Crippen molar-refractivity contribution in [2.45, 2.75) is 32.3 Å². The van der Waals surface area contributed by atoms with Gasteiger partial charge in [0.25, 0.3) is 5.91 Å². The third-order valence-corrected chi connectivity index (χ3v) is 5.61. The van der Waals surface area contributed by atoms with Crippen molar-refractivity contribution in [1.82, 2.24) is 9.80 Å². The molecule has 1 unspecified atom stereocenters. The van der Waals surface area contributed by atoms with Gasteiger partial charge in [-0.15, -0.1) is 0 Å². The van der Waals surface area contributed by atoms with Gasteiger partial charge in [0.05, 0.1) is 6.10 Å². The molecule has 1 atom stereocenters. The maximum Gasteiger partial charge on any atom is 0.254 e. The Morgan fingerprint density at radius 3 is 2.50 bits per heavy atom. The highest BCUT2D eigenvalue weighted by Gasteiger charge is 2.26. The summed E-state index contributed by atoms with van der Waals surface area (Å²) in [5.74, 6) is -0.0179. The first-order chi connectivity index (χ1) is 11.5. The van der Waals surface area contributed by atoms with Gasteiger partial charge in [0.2, 0.25) is 0 Å². The van der Waals surface area contributed by atoms with E-state index in [1.54, 1.807) is 12.1 Å². The van der Waals surface area contributed by atoms with E-state index in [-0.39, 0.29) is 12.0 Å². The van der Waals surface area contributed by atoms with E-state index >= 15 is 0 Å². The number of rotatable bonds is 3. The molecule has 24 heavy (non-hydrogen) atoms. The van der Waals surface area contributed by atoms with Crippen LogP contribution in [0.3, 0.4) is 0 Å². The Balaban J connectivity index is 1.70. The van der Waals surface area contributed by atoms with E-state index in [1.807, 2.05) is 11.8 Å². The van der Waals surface area contributed by atoms with Crippen LogP contribution in [-0.2, 0) is 4.74 Å². The second kappa shape index (κ2) is 8.05. The monoisotopic (exact) mass is 370 g/mol. The van der Waals surface area contributed by atoms with Crippen molar-refractivity contribution in [3.63, 3.8) is 0 Å². The molecule has 2 aliphatic rings. The maximum absolute atomic E-state index is 12.9. The van der Waals surface area contributed by atoms with E-state index in [4.69, 9.17) is 27.9 Å². The van der Waals surface area contributed by atoms with Crippen molar-refractivity contribution < 1.29 is 9.53 Å². The predicted molar refractivity (Wildman–Crippen MR) is 97.1 cm³/mol. The third-order valence-electron chi connectivity index (χ3n) is 4.83. The molecule has 0 aliphatic carbocycles. The predicted octanol–water partition coefficient (Wildman–Crippen LogP) is 3.63. The third kappa shape index (κ3) is 4.23. The minimum Gasteiger partial charge on any atom is -0.375 e. The minimum absolute atomic E-state index is 0.0179. The zero-order valence-corrected chi connectivity index (χ0v) is 15.6. The molecule has 6 heteroatoms. The van der Waals surface area contributed by atoms with Crippen molar-refractivity contribution in [3.05, 3.63) is 33.3 Å². The molecule has 1 aromatic carbocycles. The van der Waals surface area contributed by atoms with Crippen LogP contribution in [0, 0.1) is 6.92 Å². The summed E-state index contributed by atoms with van der Waals surface area (Å²) in [6, 6.07) is 3.43. The fourth-order valence-electron chi connectivity index (χ4n) is 3.39. The van der Waals surface area contributed by atoms with Gasteiger partial charge in [0, 0.05) is 41.8 Å². The van der Waals surface area contributed by atoms with Crippen LogP contribution in [-0.4, -0.2) is 61.1 Å². The lowest BCUT2D eigenvalue weighted by Crippen LogP contribution is -2.41. The number of carbonyl (C=O) groups is 1. The lowest BCUT2D eigenvalue weighted by atomic mass is 10.1. The average molecular weight is 371 g/mol. The largest absolute Gasteiger partial charge is 0.375 e. The molecular formula is C18H24Cl2N2O2. The van der Waals surface area contributed by atoms with Gasteiger partial charge in [-0.1, -0.05) is 23.2 Å². The van der Waals surface area contributed by atoms with Gasteiger partial charge in [-0.05, 0) is 57.0 Å². The first-order valence-corrected chi connectivity index (χ1v) is 9.39.